The first kappa shape index (κ1) is 33.2. The van der Waals surface area contributed by atoms with Gasteiger partial charge in [-0.05, 0) is 56.4 Å². The summed E-state index contributed by atoms with van der Waals surface area (Å²) in [4.78, 5) is 47.7. The molecular weight excluding hydrogens is 622 g/mol. The maximum atomic E-state index is 14.1. The molecule has 3 fully saturated rings. The molecule has 4 aliphatic rings. The van der Waals surface area contributed by atoms with Crippen LogP contribution in [0.2, 0.25) is 0 Å². The monoisotopic (exact) mass is 667 g/mol. The van der Waals surface area contributed by atoms with Crippen LogP contribution in [-0.2, 0) is 24.4 Å². The lowest BCUT2D eigenvalue weighted by molar-refractivity contribution is -0.141. The first-order valence-corrected chi connectivity index (χ1v) is 18.2. The quantitative estimate of drug-likeness (QED) is 0.392. The van der Waals surface area contributed by atoms with Gasteiger partial charge in [-0.15, -0.1) is 0 Å². The average Bonchev–Trinajstić information content (AvgIpc) is 3.54. The summed E-state index contributed by atoms with van der Waals surface area (Å²) in [5, 5.41) is 3.83. The van der Waals surface area contributed by atoms with E-state index in [4.69, 9.17) is 15.2 Å². The normalized spacial score (nSPS) is 32.6. The van der Waals surface area contributed by atoms with Crippen molar-refractivity contribution in [2.75, 3.05) is 13.7 Å². The number of sulfonamides is 1. The van der Waals surface area contributed by atoms with Gasteiger partial charge >= 0.3 is 0 Å². The smallest absolute Gasteiger partial charge is 0.259 e. The zero-order valence-electron chi connectivity index (χ0n) is 27.2. The molecule has 3 heterocycles. The second-order valence-corrected chi connectivity index (χ2v) is 15.8. The van der Waals surface area contributed by atoms with E-state index in [9.17, 15) is 22.8 Å². The van der Waals surface area contributed by atoms with Crippen molar-refractivity contribution in [3.05, 3.63) is 42.6 Å². The number of nitrogens with one attached hydrogen (secondary N) is 2. The molecule has 1 unspecified atom stereocenters. The molecule has 12 nitrogen and oxygen atoms in total. The fourth-order valence-electron chi connectivity index (χ4n) is 7.18. The van der Waals surface area contributed by atoms with E-state index >= 15 is 0 Å². The number of methoxy groups -OCH3 is 1. The molecule has 254 valence electrons. The van der Waals surface area contributed by atoms with Crippen LogP contribution < -0.4 is 25.2 Å². The predicted octanol–water partition coefficient (Wildman–Crippen LogP) is 2.80. The number of amides is 3. The summed E-state index contributed by atoms with van der Waals surface area (Å²) < 4.78 is 40.0. The van der Waals surface area contributed by atoms with Crippen molar-refractivity contribution in [3.8, 4) is 11.6 Å². The SMILES string of the molecule is COc1cnc(O[C@@H]2C[C@H]3C(=O)N[C@]4(C(=O)NS(=O)(=O)C5CCC5)C[C@H]4/C=C\CCC(C)C[C@@H](C)[C@H](N)C(=O)N3C2)c2ccccc12. The number of nitrogens with zero attached hydrogens (tertiary/aromatic N) is 2. The van der Waals surface area contributed by atoms with Crippen LogP contribution in [0.15, 0.2) is 42.6 Å². The minimum absolute atomic E-state index is 0.0908. The third kappa shape index (κ3) is 6.56. The van der Waals surface area contributed by atoms with E-state index in [1.807, 2.05) is 43.3 Å². The van der Waals surface area contributed by atoms with Crippen LogP contribution in [0.3, 0.4) is 0 Å². The Hall–Kier alpha value is -3.71. The molecule has 1 aromatic carbocycles. The largest absolute Gasteiger partial charge is 0.494 e. The van der Waals surface area contributed by atoms with Crippen molar-refractivity contribution in [1.82, 2.24) is 19.9 Å². The Kier molecular flexibility index (Phi) is 9.23. The van der Waals surface area contributed by atoms with Crippen molar-refractivity contribution in [2.45, 2.75) is 94.2 Å². The molecule has 1 aromatic heterocycles. The molecule has 13 heteroatoms. The molecule has 6 rings (SSSR count). The van der Waals surface area contributed by atoms with Crippen LogP contribution in [0, 0.1) is 17.8 Å². The maximum Gasteiger partial charge on any atom is 0.259 e. The van der Waals surface area contributed by atoms with Gasteiger partial charge in [0.05, 0.1) is 31.1 Å². The summed E-state index contributed by atoms with van der Waals surface area (Å²) in [5.41, 5.74) is 5.12. The van der Waals surface area contributed by atoms with Gasteiger partial charge in [-0.2, -0.15) is 0 Å². The van der Waals surface area contributed by atoms with Gasteiger partial charge in [0.15, 0.2) is 0 Å². The molecule has 2 aromatic rings. The molecule has 0 radical (unpaired) electrons. The minimum Gasteiger partial charge on any atom is -0.494 e. The summed E-state index contributed by atoms with van der Waals surface area (Å²) in [5.74, 6) is -0.945. The third-order valence-corrected chi connectivity index (χ3v) is 12.2. The fraction of sp³-hybridized carbons (Fsp3) is 0.588. The standard InChI is InChI=1S/C34H45N5O7S/c1-20-9-4-5-10-22-17-34(22,33(42)38-47(43,44)24-11-8-12-24)37-30(40)27-16-23(19-39(27)32(41)29(35)21(2)15-20)46-31-26-14-7-6-13-25(26)28(45-3)18-36-31/h5-7,10,13-14,18,20-24,27,29H,4,8-9,11-12,15-17,19,35H2,1-3H3,(H,37,40)(H,38,42)/b10-5-/t20?,21-,22-,23-,27+,29+,34-/m1/s1. The van der Waals surface area contributed by atoms with Gasteiger partial charge in [-0.25, -0.2) is 13.4 Å². The summed E-state index contributed by atoms with van der Waals surface area (Å²) in [6.07, 6.45) is 9.42. The first-order chi connectivity index (χ1) is 22.4. The lowest BCUT2D eigenvalue weighted by Gasteiger charge is -2.31. The number of hydrogen-bond acceptors (Lipinski definition) is 9. The zero-order valence-corrected chi connectivity index (χ0v) is 28.0. The molecule has 2 aliphatic carbocycles. The Morgan fingerprint density at radius 3 is 2.57 bits per heavy atom. The second-order valence-electron chi connectivity index (χ2n) is 13.8. The van der Waals surface area contributed by atoms with E-state index in [2.05, 4.69) is 21.9 Å². The Balaban J connectivity index is 1.30. The molecule has 3 amide bonds. The van der Waals surface area contributed by atoms with Gasteiger partial charge in [0.2, 0.25) is 27.7 Å². The molecule has 4 N–H and O–H groups in total. The van der Waals surface area contributed by atoms with Crippen molar-refractivity contribution in [2.24, 2.45) is 23.5 Å². The van der Waals surface area contributed by atoms with Crippen LogP contribution in [0.4, 0.5) is 0 Å². The summed E-state index contributed by atoms with van der Waals surface area (Å²) in [7, 11) is -2.31. The van der Waals surface area contributed by atoms with Crippen LogP contribution in [-0.4, -0.2) is 78.7 Å². The van der Waals surface area contributed by atoms with Crippen molar-refractivity contribution < 1.29 is 32.3 Å². The number of nitrogens with two attached hydrogens (primary N) is 1. The van der Waals surface area contributed by atoms with Crippen LogP contribution in [0.25, 0.3) is 10.8 Å². The molecule has 0 bridgehead atoms. The number of carbonyl (C=O) groups is 3. The number of rotatable bonds is 6. The average molecular weight is 668 g/mol. The number of hydrogen-bond donors (Lipinski definition) is 3. The molecule has 47 heavy (non-hydrogen) atoms. The van der Waals surface area contributed by atoms with Crippen LogP contribution in [0.5, 0.6) is 11.6 Å². The number of allylic oxidation sites excluding steroid dienone is 1. The van der Waals surface area contributed by atoms with E-state index in [0.29, 0.717) is 24.5 Å². The number of benzene rings is 1. The highest BCUT2D eigenvalue weighted by molar-refractivity contribution is 7.90. The highest BCUT2D eigenvalue weighted by Gasteiger charge is 2.62. The van der Waals surface area contributed by atoms with Gasteiger partial charge in [0, 0.05) is 23.1 Å². The van der Waals surface area contributed by atoms with Crippen LogP contribution in [0.1, 0.15) is 65.2 Å². The lowest BCUT2D eigenvalue weighted by atomic mass is 9.88. The predicted molar refractivity (Wildman–Crippen MR) is 176 cm³/mol. The molecule has 1 saturated heterocycles. The van der Waals surface area contributed by atoms with Crippen molar-refractivity contribution in [1.29, 1.82) is 0 Å². The topological polar surface area (TPSA) is 170 Å². The van der Waals surface area contributed by atoms with Gasteiger partial charge in [-0.1, -0.05) is 50.6 Å². The minimum atomic E-state index is -3.87. The summed E-state index contributed by atoms with van der Waals surface area (Å²) in [6, 6.07) is 5.68. The second kappa shape index (κ2) is 13.1. The zero-order chi connectivity index (χ0) is 33.5. The number of pyridine rings is 1. The van der Waals surface area contributed by atoms with Crippen molar-refractivity contribution in [3.63, 3.8) is 0 Å². The first-order valence-electron chi connectivity index (χ1n) is 16.6. The summed E-state index contributed by atoms with van der Waals surface area (Å²) in [6.45, 7) is 4.17. The fourth-order valence-corrected chi connectivity index (χ4v) is 8.74. The summed E-state index contributed by atoms with van der Waals surface area (Å²) >= 11 is 0. The van der Waals surface area contributed by atoms with Gasteiger partial charge in [0.25, 0.3) is 5.91 Å². The number of carbonyl (C=O) groups excluding carboxylic acids is 3. The van der Waals surface area contributed by atoms with Crippen LogP contribution >= 0.6 is 0 Å². The number of fused-ring (bicyclic) bond motifs is 3. The van der Waals surface area contributed by atoms with E-state index in [-0.39, 0.29) is 43.0 Å². The Morgan fingerprint density at radius 2 is 1.87 bits per heavy atom. The van der Waals surface area contributed by atoms with Gasteiger partial charge in [-0.3, -0.25) is 19.1 Å². The molecular formula is C34H45N5O7S. The van der Waals surface area contributed by atoms with E-state index in [1.165, 1.54) is 4.90 Å². The molecule has 2 aliphatic heterocycles. The molecule has 7 atom stereocenters. The molecule has 0 spiro atoms. The van der Waals surface area contributed by atoms with E-state index < -0.39 is 50.8 Å². The Morgan fingerprint density at radius 1 is 1.13 bits per heavy atom. The van der Waals surface area contributed by atoms with Gasteiger partial charge in [0.1, 0.15) is 23.4 Å². The van der Waals surface area contributed by atoms with E-state index in [0.717, 1.165) is 36.5 Å². The third-order valence-electron chi connectivity index (χ3n) is 10.4. The number of aromatic nitrogens is 1. The molecule has 2 saturated carbocycles. The highest BCUT2D eigenvalue weighted by Crippen LogP contribution is 2.46. The lowest BCUT2D eigenvalue weighted by Crippen LogP contribution is -2.58. The Bertz CT molecular complexity index is 1680. The van der Waals surface area contributed by atoms with Crippen molar-refractivity contribution >= 4 is 38.5 Å². The Labute approximate surface area is 275 Å². The maximum absolute atomic E-state index is 14.1. The number of ether oxygens (including phenoxy) is 2. The van der Waals surface area contributed by atoms with E-state index in [1.54, 1.807) is 13.3 Å². The highest BCUT2D eigenvalue weighted by atomic mass is 32.2. The van der Waals surface area contributed by atoms with Gasteiger partial charge < -0.3 is 25.4 Å².